The van der Waals surface area contributed by atoms with Crippen LogP contribution in [0.4, 0.5) is 0 Å². The number of Topliss-reactive ketones (excluding diaryl/α,β-unsaturated/α-hetero) is 1. The Hall–Kier alpha value is -1.94. The van der Waals surface area contributed by atoms with Crippen molar-refractivity contribution in [2.45, 2.75) is 38.5 Å². The Labute approximate surface area is 137 Å². The number of ketones is 1. The highest BCUT2D eigenvalue weighted by molar-refractivity contribution is 5.98. The third-order valence-corrected chi connectivity index (χ3v) is 4.67. The van der Waals surface area contributed by atoms with Crippen molar-refractivity contribution in [1.82, 2.24) is 10.6 Å². The first-order chi connectivity index (χ1) is 11.2. The molecule has 2 N–H and O–H groups in total. The second-order valence-corrected chi connectivity index (χ2v) is 6.35. The second kappa shape index (κ2) is 7.55. The number of hydrogen-bond donors (Lipinski definition) is 2. The minimum atomic E-state index is -0.0426. The van der Waals surface area contributed by atoms with Gasteiger partial charge >= 0.3 is 0 Å². The van der Waals surface area contributed by atoms with Gasteiger partial charge < -0.3 is 10.6 Å². The highest BCUT2D eigenvalue weighted by Gasteiger charge is 2.15. The predicted molar refractivity (Wildman–Crippen MR) is 90.6 cm³/mol. The minimum Gasteiger partial charge on any atom is -0.352 e. The summed E-state index contributed by atoms with van der Waals surface area (Å²) in [6, 6.07) is 5.99. The van der Waals surface area contributed by atoms with Crippen LogP contribution in [0.25, 0.3) is 0 Å². The Bertz CT molecular complexity index is 634. The van der Waals surface area contributed by atoms with Crippen LogP contribution in [-0.2, 0) is 17.6 Å². The van der Waals surface area contributed by atoms with Gasteiger partial charge in [-0.15, -0.1) is 0 Å². The molecule has 0 spiro atoms. The monoisotopic (exact) mass is 312 g/mol. The van der Waals surface area contributed by atoms with E-state index in [1.165, 1.54) is 23.1 Å². The molecule has 3 rings (SSSR count). The van der Waals surface area contributed by atoms with E-state index in [4.69, 9.17) is 0 Å². The van der Waals surface area contributed by atoms with Crippen LogP contribution in [0.3, 0.4) is 0 Å². The van der Waals surface area contributed by atoms with Crippen molar-refractivity contribution in [1.29, 1.82) is 0 Å². The minimum absolute atomic E-state index is 0.0426. The molecule has 1 aliphatic carbocycles. The molecule has 0 bridgehead atoms. The Morgan fingerprint density at radius 1 is 1.09 bits per heavy atom. The van der Waals surface area contributed by atoms with E-state index in [0.717, 1.165) is 37.9 Å². The maximum Gasteiger partial charge on any atom is 0.220 e. The summed E-state index contributed by atoms with van der Waals surface area (Å²) in [5.41, 5.74) is 4.69. The molecule has 122 valence electrons. The van der Waals surface area contributed by atoms with Crippen LogP contribution < -0.4 is 10.6 Å². The normalized spacial score (nSPS) is 16.6. The van der Waals surface area contributed by atoms with Gasteiger partial charge in [-0.05, 0) is 49.4 Å². The van der Waals surface area contributed by atoms with Crippen LogP contribution >= 0.6 is 0 Å². The smallest absolute Gasteiger partial charge is 0.220 e. The summed E-state index contributed by atoms with van der Waals surface area (Å²) in [6.07, 6.45) is 7.03. The largest absolute Gasteiger partial charge is 0.352 e. The van der Waals surface area contributed by atoms with E-state index in [9.17, 15) is 9.59 Å². The summed E-state index contributed by atoms with van der Waals surface area (Å²) in [5.74, 6) is 0.0230. The maximum atomic E-state index is 12.3. The average molecular weight is 312 g/mol. The standard InChI is InChI=1S/C19H24N2O2/c22-18(17-5-4-15-2-1-3-16(15)12-17)6-7-19(23)21-13-14-8-10-20-11-9-14/h4-5,8,12,20H,1-3,6-7,9-11,13H2,(H,21,23). The number of rotatable bonds is 6. The average Bonchev–Trinajstić information content (AvgIpc) is 3.06. The van der Waals surface area contributed by atoms with Gasteiger partial charge in [0, 0.05) is 31.5 Å². The molecule has 1 heterocycles. The molecule has 0 saturated carbocycles. The summed E-state index contributed by atoms with van der Waals surface area (Å²) in [5, 5.41) is 6.16. The molecule has 23 heavy (non-hydrogen) atoms. The van der Waals surface area contributed by atoms with Crippen LogP contribution in [0.1, 0.15) is 47.2 Å². The summed E-state index contributed by atoms with van der Waals surface area (Å²) >= 11 is 0. The quantitative estimate of drug-likeness (QED) is 0.625. The van der Waals surface area contributed by atoms with E-state index >= 15 is 0 Å². The maximum absolute atomic E-state index is 12.3. The Morgan fingerprint density at radius 3 is 2.78 bits per heavy atom. The lowest BCUT2D eigenvalue weighted by molar-refractivity contribution is -0.120. The zero-order chi connectivity index (χ0) is 16.1. The van der Waals surface area contributed by atoms with E-state index in [1.54, 1.807) is 0 Å². The Balaban J connectivity index is 1.45. The van der Waals surface area contributed by atoms with E-state index in [0.29, 0.717) is 6.54 Å². The lowest BCUT2D eigenvalue weighted by atomic mass is 10.0. The topological polar surface area (TPSA) is 58.2 Å². The number of nitrogens with one attached hydrogen (secondary N) is 2. The van der Waals surface area contributed by atoms with Crippen molar-refractivity contribution < 1.29 is 9.59 Å². The number of aryl methyl sites for hydroxylation is 2. The molecule has 1 aromatic rings. The first-order valence-electron chi connectivity index (χ1n) is 8.53. The molecule has 0 unspecified atom stereocenters. The summed E-state index contributed by atoms with van der Waals surface area (Å²) in [7, 11) is 0. The van der Waals surface area contributed by atoms with Crippen molar-refractivity contribution in [3.05, 3.63) is 46.5 Å². The molecule has 0 fully saturated rings. The van der Waals surface area contributed by atoms with Gasteiger partial charge in [-0.2, -0.15) is 0 Å². The summed E-state index contributed by atoms with van der Waals surface area (Å²) in [6.45, 7) is 2.45. The van der Waals surface area contributed by atoms with E-state index in [-0.39, 0.29) is 24.5 Å². The number of carbonyl (C=O) groups is 2. The molecule has 1 amide bonds. The predicted octanol–water partition coefficient (Wildman–Crippen LogP) is 2.17. The van der Waals surface area contributed by atoms with Gasteiger partial charge in [0.25, 0.3) is 0 Å². The zero-order valence-electron chi connectivity index (χ0n) is 13.5. The third kappa shape index (κ3) is 4.29. The summed E-state index contributed by atoms with van der Waals surface area (Å²) in [4.78, 5) is 24.2. The first-order valence-corrected chi connectivity index (χ1v) is 8.53. The molecule has 0 atom stereocenters. The number of benzene rings is 1. The van der Waals surface area contributed by atoms with Crippen molar-refractivity contribution in [2.75, 3.05) is 19.6 Å². The van der Waals surface area contributed by atoms with Gasteiger partial charge in [-0.1, -0.05) is 23.8 Å². The molecule has 4 heteroatoms. The molecule has 4 nitrogen and oxygen atoms in total. The number of amides is 1. The van der Waals surface area contributed by atoms with Crippen molar-refractivity contribution >= 4 is 11.7 Å². The van der Waals surface area contributed by atoms with Gasteiger partial charge in [-0.25, -0.2) is 0 Å². The zero-order valence-corrected chi connectivity index (χ0v) is 13.5. The lowest BCUT2D eigenvalue weighted by Gasteiger charge is -2.14. The molecule has 1 aliphatic heterocycles. The van der Waals surface area contributed by atoms with Crippen LogP contribution in [0, 0.1) is 0 Å². The van der Waals surface area contributed by atoms with Crippen molar-refractivity contribution in [2.24, 2.45) is 0 Å². The van der Waals surface area contributed by atoms with Crippen LogP contribution in [0.2, 0.25) is 0 Å². The van der Waals surface area contributed by atoms with Crippen molar-refractivity contribution in [3.63, 3.8) is 0 Å². The van der Waals surface area contributed by atoms with Gasteiger partial charge in [0.15, 0.2) is 5.78 Å². The fourth-order valence-electron chi connectivity index (χ4n) is 3.25. The van der Waals surface area contributed by atoms with Crippen LogP contribution in [-0.4, -0.2) is 31.3 Å². The van der Waals surface area contributed by atoms with Crippen LogP contribution in [0.5, 0.6) is 0 Å². The molecule has 2 aliphatic rings. The van der Waals surface area contributed by atoms with Gasteiger partial charge in [-0.3, -0.25) is 9.59 Å². The Morgan fingerprint density at radius 2 is 1.96 bits per heavy atom. The number of hydrogen-bond acceptors (Lipinski definition) is 3. The van der Waals surface area contributed by atoms with Crippen molar-refractivity contribution in [3.8, 4) is 0 Å². The second-order valence-electron chi connectivity index (χ2n) is 6.35. The van der Waals surface area contributed by atoms with Gasteiger partial charge in [0.1, 0.15) is 0 Å². The third-order valence-electron chi connectivity index (χ3n) is 4.67. The molecule has 1 aromatic carbocycles. The molecular weight excluding hydrogens is 288 g/mol. The highest BCUT2D eigenvalue weighted by Crippen LogP contribution is 2.23. The fraction of sp³-hybridized carbons (Fsp3) is 0.474. The van der Waals surface area contributed by atoms with E-state index in [1.807, 2.05) is 12.1 Å². The molecule has 0 saturated heterocycles. The number of fused-ring (bicyclic) bond motifs is 1. The first kappa shape index (κ1) is 15.9. The molecular formula is C19H24N2O2. The van der Waals surface area contributed by atoms with Crippen LogP contribution in [0.15, 0.2) is 29.8 Å². The molecule has 0 aromatic heterocycles. The van der Waals surface area contributed by atoms with Gasteiger partial charge in [0.05, 0.1) is 0 Å². The number of carbonyl (C=O) groups excluding carboxylic acids is 2. The molecule has 0 radical (unpaired) electrons. The fourth-order valence-corrected chi connectivity index (χ4v) is 3.25. The highest BCUT2D eigenvalue weighted by atomic mass is 16.2. The van der Waals surface area contributed by atoms with E-state index < -0.39 is 0 Å². The lowest BCUT2D eigenvalue weighted by Crippen LogP contribution is -2.29. The summed E-state index contributed by atoms with van der Waals surface area (Å²) < 4.78 is 0. The SMILES string of the molecule is O=C(CCC(=O)c1ccc2c(c1)CCC2)NCC1=CCNCC1. The van der Waals surface area contributed by atoms with Gasteiger partial charge in [0.2, 0.25) is 5.91 Å². The Kier molecular flexibility index (Phi) is 5.23. The van der Waals surface area contributed by atoms with E-state index in [2.05, 4.69) is 22.8 Å².